The van der Waals surface area contributed by atoms with Gasteiger partial charge >= 0.3 is 0 Å². The van der Waals surface area contributed by atoms with Crippen LogP contribution in [0, 0.1) is 34.5 Å². The van der Waals surface area contributed by atoms with Crippen molar-refractivity contribution in [2.24, 2.45) is 34.5 Å². The number of hydrogen-bond donors (Lipinski definition) is 1. The van der Waals surface area contributed by atoms with Crippen molar-refractivity contribution < 1.29 is 5.11 Å². The molecular weight excluding hydrogens is 196 g/mol. The van der Waals surface area contributed by atoms with Crippen molar-refractivity contribution in [3.05, 3.63) is 0 Å². The van der Waals surface area contributed by atoms with Gasteiger partial charge in [-0.25, -0.2) is 0 Å². The zero-order valence-electron chi connectivity index (χ0n) is 11.2. The van der Waals surface area contributed by atoms with E-state index in [0.717, 1.165) is 11.8 Å². The summed E-state index contributed by atoms with van der Waals surface area (Å²) >= 11 is 0. The predicted octanol–water partition coefficient (Wildman–Crippen LogP) is 3.47. The second-order valence-corrected chi connectivity index (χ2v) is 7.70. The summed E-state index contributed by atoms with van der Waals surface area (Å²) in [5, 5.41) is 10.5. The van der Waals surface area contributed by atoms with Gasteiger partial charge in [0.1, 0.15) is 0 Å². The maximum atomic E-state index is 10.5. The molecule has 0 bridgehead atoms. The Morgan fingerprint density at radius 3 is 2.44 bits per heavy atom. The van der Waals surface area contributed by atoms with Gasteiger partial charge in [0.15, 0.2) is 0 Å². The van der Waals surface area contributed by atoms with E-state index >= 15 is 0 Å². The molecule has 3 rings (SSSR count). The zero-order valence-corrected chi connectivity index (χ0v) is 11.2. The SMILES string of the molecule is CC1C(O)[C@H]2CC(C)(C)CC23[C@H](C)CC[C@H]13. The fourth-order valence-electron chi connectivity index (χ4n) is 5.89. The maximum absolute atomic E-state index is 10.5. The summed E-state index contributed by atoms with van der Waals surface area (Å²) in [6, 6.07) is 0. The molecule has 3 aliphatic rings. The van der Waals surface area contributed by atoms with Gasteiger partial charge in [-0.2, -0.15) is 0 Å². The van der Waals surface area contributed by atoms with Crippen molar-refractivity contribution >= 4 is 0 Å². The average Bonchev–Trinajstić information content (AvgIpc) is 2.70. The number of aliphatic hydroxyl groups excluding tert-OH is 1. The predicted molar refractivity (Wildman–Crippen MR) is 66.0 cm³/mol. The molecule has 1 nitrogen and oxygen atoms in total. The van der Waals surface area contributed by atoms with Gasteiger partial charge in [0.2, 0.25) is 0 Å². The lowest BCUT2D eigenvalue weighted by Gasteiger charge is -2.36. The highest BCUT2D eigenvalue weighted by molar-refractivity contribution is 5.16. The molecule has 0 aliphatic heterocycles. The van der Waals surface area contributed by atoms with E-state index in [0.29, 0.717) is 22.7 Å². The third-order valence-corrected chi connectivity index (χ3v) is 6.35. The standard InChI is InChI=1S/C15H26O/c1-9-5-6-11-10(2)13(16)12-7-14(3,4)8-15(9,11)12/h9-13,16H,5-8H2,1-4H3/t9-,10?,11-,12-,13?,15?/m1/s1. The van der Waals surface area contributed by atoms with E-state index in [-0.39, 0.29) is 6.10 Å². The highest BCUT2D eigenvalue weighted by atomic mass is 16.3. The first-order valence-electron chi connectivity index (χ1n) is 7.06. The number of rotatable bonds is 0. The summed E-state index contributed by atoms with van der Waals surface area (Å²) in [5.41, 5.74) is 0.963. The van der Waals surface area contributed by atoms with Crippen LogP contribution < -0.4 is 0 Å². The Morgan fingerprint density at radius 2 is 1.75 bits per heavy atom. The molecule has 0 saturated heterocycles. The Kier molecular flexibility index (Phi) is 2.11. The van der Waals surface area contributed by atoms with Crippen molar-refractivity contribution in [1.82, 2.24) is 0 Å². The number of hydrogen-bond acceptors (Lipinski definition) is 1. The minimum atomic E-state index is -0.0190. The second-order valence-electron chi connectivity index (χ2n) is 7.70. The molecule has 0 aromatic carbocycles. The molecule has 3 aliphatic carbocycles. The lowest BCUT2D eigenvalue weighted by molar-refractivity contribution is 0.0602. The molecule has 6 atom stereocenters. The molecule has 1 heteroatoms. The van der Waals surface area contributed by atoms with Crippen LogP contribution in [0.3, 0.4) is 0 Å². The van der Waals surface area contributed by atoms with Gasteiger partial charge in [0.25, 0.3) is 0 Å². The van der Waals surface area contributed by atoms with Crippen LogP contribution in [0.2, 0.25) is 0 Å². The van der Waals surface area contributed by atoms with Crippen molar-refractivity contribution in [1.29, 1.82) is 0 Å². The van der Waals surface area contributed by atoms with Gasteiger partial charge in [-0.05, 0) is 60.2 Å². The summed E-state index contributed by atoms with van der Waals surface area (Å²) in [6.45, 7) is 9.54. The largest absolute Gasteiger partial charge is 0.393 e. The monoisotopic (exact) mass is 222 g/mol. The topological polar surface area (TPSA) is 20.2 Å². The van der Waals surface area contributed by atoms with Gasteiger partial charge < -0.3 is 5.11 Å². The summed E-state index contributed by atoms with van der Waals surface area (Å²) in [4.78, 5) is 0. The van der Waals surface area contributed by atoms with Gasteiger partial charge in [-0.1, -0.05) is 27.7 Å². The van der Waals surface area contributed by atoms with E-state index in [1.54, 1.807) is 0 Å². The zero-order chi connectivity index (χ0) is 11.7. The molecule has 1 spiro atoms. The van der Waals surface area contributed by atoms with Crippen molar-refractivity contribution in [2.75, 3.05) is 0 Å². The molecular formula is C15H26O. The smallest absolute Gasteiger partial charge is 0.0602 e. The van der Waals surface area contributed by atoms with Gasteiger partial charge in [-0.3, -0.25) is 0 Å². The molecule has 1 N–H and O–H groups in total. The van der Waals surface area contributed by atoms with E-state index in [2.05, 4.69) is 27.7 Å². The summed E-state index contributed by atoms with van der Waals surface area (Å²) < 4.78 is 0. The molecule has 0 radical (unpaired) electrons. The Bertz CT molecular complexity index is 309. The molecule has 16 heavy (non-hydrogen) atoms. The van der Waals surface area contributed by atoms with E-state index < -0.39 is 0 Å². The van der Waals surface area contributed by atoms with Crippen LogP contribution >= 0.6 is 0 Å². The van der Waals surface area contributed by atoms with Crippen molar-refractivity contribution in [3.63, 3.8) is 0 Å². The first kappa shape index (κ1) is 11.1. The van der Waals surface area contributed by atoms with E-state index in [1.165, 1.54) is 25.7 Å². The third kappa shape index (κ3) is 1.11. The minimum absolute atomic E-state index is 0.0190. The normalized spacial score (nSPS) is 58.7. The van der Waals surface area contributed by atoms with Crippen LogP contribution in [0.15, 0.2) is 0 Å². The van der Waals surface area contributed by atoms with Crippen LogP contribution in [-0.2, 0) is 0 Å². The molecule has 3 unspecified atom stereocenters. The van der Waals surface area contributed by atoms with Crippen LogP contribution in [0.25, 0.3) is 0 Å². The van der Waals surface area contributed by atoms with Crippen LogP contribution in [0.1, 0.15) is 53.4 Å². The maximum Gasteiger partial charge on any atom is 0.0602 e. The van der Waals surface area contributed by atoms with Crippen molar-refractivity contribution in [3.8, 4) is 0 Å². The van der Waals surface area contributed by atoms with Crippen molar-refractivity contribution in [2.45, 2.75) is 59.5 Å². The summed E-state index contributed by atoms with van der Waals surface area (Å²) in [5.74, 6) is 2.79. The minimum Gasteiger partial charge on any atom is -0.393 e. The third-order valence-electron chi connectivity index (χ3n) is 6.35. The highest BCUT2D eigenvalue weighted by Crippen LogP contribution is 2.72. The Balaban J connectivity index is 2.05. The quantitative estimate of drug-likeness (QED) is 0.665. The van der Waals surface area contributed by atoms with Crippen LogP contribution in [-0.4, -0.2) is 11.2 Å². The second kappa shape index (κ2) is 3.04. The Hall–Kier alpha value is -0.0400. The summed E-state index contributed by atoms with van der Waals surface area (Å²) in [6.07, 6.45) is 5.35. The molecule has 3 saturated carbocycles. The first-order chi connectivity index (χ1) is 7.38. The molecule has 0 aromatic heterocycles. The summed E-state index contributed by atoms with van der Waals surface area (Å²) in [7, 11) is 0. The molecule has 0 amide bonds. The fourth-order valence-corrected chi connectivity index (χ4v) is 5.89. The van der Waals surface area contributed by atoms with E-state index in [1.807, 2.05) is 0 Å². The lowest BCUT2D eigenvalue weighted by Crippen LogP contribution is -2.31. The fraction of sp³-hybridized carbons (Fsp3) is 1.00. The van der Waals surface area contributed by atoms with Crippen LogP contribution in [0.4, 0.5) is 0 Å². The van der Waals surface area contributed by atoms with E-state index in [4.69, 9.17) is 0 Å². The average molecular weight is 222 g/mol. The lowest BCUT2D eigenvalue weighted by atomic mass is 9.68. The molecule has 92 valence electrons. The first-order valence-corrected chi connectivity index (χ1v) is 7.06. The Labute approximate surface area is 99.6 Å². The molecule has 0 heterocycles. The molecule has 3 fully saturated rings. The Morgan fingerprint density at radius 1 is 1.06 bits per heavy atom. The van der Waals surface area contributed by atoms with Gasteiger partial charge in [0, 0.05) is 0 Å². The van der Waals surface area contributed by atoms with Gasteiger partial charge in [-0.15, -0.1) is 0 Å². The number of aliphatic hydroxyl groups is 1. The molecule has 0 aromatic rings. The van der Waals surface area contributed by atoms with E-state index in [9.17, 15) is 5.11 Å². The van der Waals surface area contributed by atoms with Gasteiger partial charge in [0.05, 0.1) is 6.10 Å². The highest BCUT2D eigenvalue weighted by Gasteiger charge is 2.67. The van der Waals surface area contributed by atoms with Crippen LogP contribution in [0.5, 0.6) is 0 Å².